The average Bonchev–Trinajstić information content (AvgIpc) is 3.92. The number of fused-ring (bicyclic) bond motifs is 4. The molecule has 4 aliphatic rings. The van der Waals surface area contributed by atoms with Crippen molar-refractivity contribution in [2.45, 2.75) is 39.9 Å². The van der Waals surface area contributed by atoms with Gasteiger partial charge in [0.1, 0.15) is 48.4 Å². The molecule has 0 unspecified atom stereocenters. The molecule has 18 nitrogen and oxygen atoms in total. The summed E-state index contributed by atoms with van der Waals surface area (Å²) in [7, 11) is 0. The molecule has 2 fully saturated rings. The number of nitrogens with one attached hydrogen (secondary N) is 4. The Labute approximate surface area is 401 Å². The van der Waals surface area contributed by atoms with Gasteiger partial charge in [-0.05, 0) is 60.0 Å². The number of ether oxygens (including phenoxy) is 6. The third kappa shape index (κ3) is 9.80. The highest BCUT2D eigenvalue weighted by Gasteiger charge is 2.30. The minimum atomic E-state index is -0.625. The number of pyridine rings is 4. The maximum absolute atomic E-state index is 15.3. The zero-order valence-electron chi connectivity index (χ0n) is 37.4. The van der Waals surface area contributed by atoms with Gasteiger partial charge in [-0.3, -0.25) is 10.6 Å². The van der Waals surface area contributed by atoms with Gasteiger partial charge in [-0.15, -0.1) is 24.8 Å². The minimum Gasteiger partial charge on any atom is -0.474 e. The third-order valence-corrected chi connectivity index (χ3v) is 12.0. The lowest BCUT2D eigenvalue weighted by molar-refractivity contribution is 0.0839. The fraction of sp³-hybridized carbons (Fsp3) is 0.348. The molecule has 2 saturated heterocycles. The summed E-state index contributed by atoms with van der Waals surface area (Å²) in [6, 6.07) is 6.61. The molecule has 68 heavy (non-hydrogen) atoms. The molecule has 4 aromatic heterocycles. The standard InChI is InChI=1S/2C23H24FN5O4.2ClH/c2*1-11-9-31-10-17(11)33-23(30)29-18-6-13-5-14(19(24)20(25)16(13)8-27-18)15-7-28-22-21(12(15)2)26-3-4-32-22;;/h2*5-8,11,17,26H,3-4,9-10,25H2,1-2H3,(H,27,29,30);2*1H/t2*11-,17+;;/m10../s1. The van der Waals surface area contributed by atoms with Gasteiger partial charge >= 0.3 is 12.2 Å². The molecule has 0 radical (unpaired) electrons. The maximum atomic E-state index is 15.3. The fourth-order valence-electron chi connectivity index (χ4n) is 8.24. The van der Waals surface area contributed by atoms with Crippen LogP contribution in [-0.4, -0.2) is 97.1 Å². The van der Waals surface area contributed by atoms with Gasteiger partial charge in [0.05, 0.1) is 37.8 Å². The predicted octanol–water partition coefficient (Wildman–Crippen LogP) is 8.27. The van der Waals surface area contributed by atoms with E-state index < -0.39 is 23.8 Å². The van der Waals surface area contributed by atoms with Crippen LogP contribution in [0, 0.1) is 37.3 Å². The summed E-state index contributed by atoms with van der Waals surface area (Å²) < 4.78 is 63.1. The first-order valence-corrected chi connectivity index (χ1v) is 21.4. The number of benzene rings is 2. The molecule has 2 amide bonds. The highest BCUT2D eigenvalue weighted by molar-refractivity contribution is 6.01. The third-order valence-electron chi connectivity index (χ3n) is 12.0. The zero-order valence-corrected chi connectivity index (χ0v) is 39.0. The van der Waals surface area contributed by atoms with E-state index in [2.05, 4.69) is 41.2 Å². The summed E-state index contributed by atoms with van der Waals surface area (Å²) in [5, 5.41) is 13.9. The summed E-state index contributed by atoms with van der Waals surface area (Å²) in [4.78, 5) is 41.6. The highest BCUT2D eigenvalue weighted by atomic mass is 35.5. The molecule has 8 heterocycles. The molecule has 0 spiro atoms. The number of amides is 2. The normalized spacial score (nSPS) is 18.9. The van der Waals surface area contributed by atoms with Crippen LogP contribution in [0.4, 0.5) is 52.8 Å². The van der Waals surface area contributed by atoms with Gasteiger partial charge in [0.2, 0.25) is 11.8 Å². The van der Waals surface area contributed by atoms with E-state index in [0.717, 1.165) is 22.5 Å². The Kier molecular flexibility index (Phi) is 14.9. The summed E-state index contributed by atoms with van der Waals surface area (Å²) in [5.41, 5.74) is 17.1. The number of anilines is 6. The van der Waals surface area contributed by atoms with E-state index >= 15 is 8.78 Å². The van der Waals surface area contributed by atoms with Crippen molar-refractivity contribution in [2.75, 3.05) is 85.5 Å². The van der Waals surface area contributed by atoms with Crippen LogP contribution in [0.15, 0.2) is 49.1 Å². The number of hydrogen-bond acceptors (Lipinski definition) is 16. The van der Waals surface area contributed by atoms with Gasteiger partial charge in [0.25, 0.3) is 0 Å². The molecule has 10 rings (SSSR count). The van der Waals surface area contributed by atoms with E-state index in [1.54, 1.807) is 36.7 Å². The maximum Gasteiger partial charge on any atom is 0.413 e. The number of aromatic nitrogens is 4. The molecule has 8 N–H and O–H groups in total. The lowest BCUT2D eigenvalue weighted by Crippen LogP contribution is -2.27. The average molecular weight is 980 g/mol. The Hall–Kier alpha value is -6.74. The number of rotatable bonds is 6. The van der Waals surface area contributed by atoms with Crippen LogP contribution in [0.2, 0.25) is 0 Å². The van der Waals surface area contributed by atoms with Gasteiger partial charge < -0.3 is 50.5 Å². The van der Waals surface area contributed by atoms with E-state index in [1.807, 2.05) is 27.7 Å². The van der Waals surface area contributed by atoms with Crippen LogP contribution >= 0.6 is 24.8 Å². The molecule has 0 aliphatic carbocycles. The van der Waals surface area contributed by atoms with Crippen LogP contribution in [-0.2, 0) is 18.9 Å². The van der Waals surface area contributed by atoms with Gasteiger partial charge in [0.15, 0.2) is 11.6 Å². The van der Waals surface area contributed by atoms with Gasteiger partial charge in [0, 0.05) is 82.7 Å². The van der Waals surface area contributed by atoms with Crippen LogP contribution < -0.4 is 42.2 Å². The van der Waals surface area contributed by atoms with E-state index in [9.17, 15) is 9.59 Å². The lowest BCUT2D eigenvalue weighted by Gasteiger charge is -2.22. The second kappa shape index (κ2) is 20.6. The van der Waals surface area contributed by atoms with Crippen molar-refractivity contribution < 1.29 is 46.8 Å². The topological polar surface area (TPSA) is 241 Å². The second-order valence-electron chi connectivity index (χ2n) is 16.6. The lowest BCUT2D eigenvalue weighted by atomic mass is 9.97. The van der Waals surface area contributed by atoms with Crippen LogP contribution in [0.3, 0.4) is 0 Å². The van der Waals surface area contributed by atoms with Crippen molar-refractivity contribution in [3.05, 3.63) is 71.8 Å². The fourth-order valence-corrected chi connectivity index (χ4v) is 8.24. The van der Waals surface area contributed by atoms with Crippen molar-refractivity contribution in [3.8, 4) is 34.0 Å². The smallest absolute Gasteiger partial charge is 0.413 e. The van der Waals surface area contributed by atoms with Gasteiger partial charge in [-0.2, -0.15) is 0 Å². The number of nitrogens with two attached hydrogens (primary N) is 2. The molecule has 22 heteroatoms. The molecule has 360 valence electrons. The number of carbonyl (C=O) groups is 2. The van der Waals surface area contributed by atoms with Gasteiger partial charge in [-0.25, -0.2) is 38.3 Å². The Balaban J connectivity index is 0.000000196. The molecule has 0 saturated carbocycles. The van der Waals surface area contributed by atoms with E-state index in [-0.39, 0.29) is 71.9 Å². The summed E-state index contributed by atoms with van der Waals surface area (Å²) in [6.07, 6.45) is 4.16. The molecule has 6 aromatic rings. The highest BCUT2D eigenvalue weighted by Crippen LogP contribution is 2.41. The van der Waals surface area contributed by atoms with E-state index in [1.165, 1.54) is 12.4 Å². The Morgan fingerprint density at radius 1 is 0.632 bits per heavy atom. The van der Waals surface area contributed by atoms with E-state index in [4.69, 9.17) is 39.9 Å². The monoisotopic (exact) mass is 978 g/mol. The number of nitrogen functional groups attached to an aromatic ring is 2. The van der Waals surface area contributed by atoms with Crippen molar-refractivity contribution in [2.24, 2.45) is 11.8 Å². The zero-order chi connectivity index (χ0) is 46.2. The predicted molar refractivity (Wildman–Crippen MR) is 258 cm³/mol. The van der Waals surface area contributed by atoms with Crippen molar-refractivity contribution in [1.82, 2.24) is 19.9 Å². The Morgan fingerprint density at radius 3 is 1.43 bits per heavy atom. The number of carbonyl (C=O) groups excluding carboxylic acids is 2. The molecular formula is C46H50Cl2F2N10O8. The van der Waals surface area contributed by atoms with Crippen molar-refractivity contribution in [1.29, 1.82) is 0 Å². The van der Waals surface area contributed by atoms with Crippen LogP contribution in [0.1, 0.15) is 25.0 Å². The summed E-state index contributed by atoms with van der Waals surface area (Å²) in [6.45, 7) is 11.8. The SMILES string of the molecule is Cc1c(-c2cc3cc(NC(=O)O[C@@H]4COC[C@@H]4C)ncc3c(N)c2F)cnc2c1NCCO2.Cc1c(-c2cc3cc(NC(=O)O[C@H]4COC[C@H]4C)ncc3c(N)c2F)cnc2c1NCCO2.Cl.Cl. The molecular weight excluding hydrogens is 929 g/mol. The number of hydrogen-bond donors (Lipinski definition) is 6. The first kappa shape index (κ1) is 49.2. The van der Waals surface area contributed by atoms with Gasteiger partial charge in [-0.1, -0.05) is 13.8 Å². The molecule has 0 bridgehead atoms. The second-order valence-corrected chi connectivity index (χ2v) is 16.6. The summed E-state index contributed by atoms with van der Waals surface area (Å²) >= 11 is 0. The minimum absolute atomic E-state index is 0. The largest absolute Gasteiger partial charge is 0.474 e. The molecule has 4 aliphatic heterocycles. The quantitative estimate of drug-likeness (QED) is 0.0861. The Bertz CT molecular complexity index is 2710. The van der Waals surface area contributed by atoms with Crippen LogP contribution in [0.25, 0.3) is 43.8 Å². The number of nitrogens with zero attached hydrogens (tertiary/aromatic N) is 4. The first-order valence-electron chi connectivity index (χ1n) is 21.4. The number of halogens is 4. The van der Waals surface area contributed by atoms with Crippen molar-refractivity contribution >= 4 is 92.9 Å². The van der Waals surface area contributed by atoms with E-state index in [0.29, 0.717) is 108 Å². The van der Waals surface area contributed by atoms with Crippen molar-refractivity contribution in [3.63, 3.8) is 0 Å². The first-order chi connectivity index (χ1) is 31.8. The molecule has 2 aromatic carbocycles. The van der Waals surface area contributed by atoms with Crippen LogP contribution in [0.5, 0.6) is 11.8 Å². The summed E-state index contributed by atoms with van der Waals surface area (Å²) in [5.74, 6) is 0.666. The molecule has 4 atom stereocenters. The Morgan fingerprint density at radius 2 is 1.04 bits per heavy atom.